The Bertz CT molecular complexity index is 1170. The summed E-state index contributed by atoms with van der Waals surface area (Å²) in [5, 5.41) is 4.49. The van der Waals surface area contributed by atoms with Gasteiger partial charge in [-0.15, -0.1) is 0 Å². The molecule has 224 valence electrons. The van der Waals surface area contributed by atoms with E-state index >= 15 is 0 Å². The minimum Gasteiger partial charge on any atom is -0.487 e. The van der Waals surface area contributed by atoms with Crippen LogP contribution in [0.3, 0.4) is 0 Å². The van der Waals surface area contributed by atoms with E-state index in [1.54, 1.807) is 7.11 Å². The van der Waals surface area contributed by atoms with E-state index in [2.05, 4.69) is 21.8 Å². The Labute approximate surface area is 248 Å². The molecular formula is C31H44ClN5O4. The first-order valence-corrected chi connectivity index (χ1v) is 15.2. The highest BCUT2D eigenvalue weighted by Gasteiger charge is 2.40. The van der Waals surface area contributed by atoms with Crippen LogP contribution in [0.25, 0.3) is 0 Å². The Balaban J connectivity index is 1.18. The number of hydrogen-bond donors (Lipinski definition) is 2. The summed E-state index contributed by atoms with van der Waals surface area (Å²) in [6, 6.07) is 6.50. The summed E-state index contributed by atoms with van der Waals surface area (Å²) in [6.45, 7) is 9.93. The van der Waals surface area contributed by atoms with Crippen molar-refractivity contribution in [2.24, 2.45) is 10.7 Å². The molecule has 41 heavy (non-hydrogen) atoms. The fourth-order valence-corrected chi connectivity index (χ4v) is 6.80. The molecule has 3 N–H and O–H groups in total. The van der Waals surface area contributed by atoms with Crippen molar-refractivity contribution in [3.8, 4) is 5.75 Å². The summed E-state index contributed by atoms with van der Waals surface area (Å²) in [5.41, 5.74) is 8.44. The van der Waals surface area contributed by atoms with Gasteiger partial charge in [0, 0.05) is 81.6 Å². The van der Waals surface area contributed by atoms with E-state index in [4.69, 9.17) is 31.5 Å². The zero-order valence-electron chi connectivity index (χ0n) is 24.4. The van der Waals surface area contributed by atoms with Crippen molar-refractivity contribution in [2.45, 2.75) is 75.7 Å². The number of rotatable bonds is 6. The zero-order valence-corrected chi connectivity index (χ0v) is 25.1. The number of nitrogens with zero attached hydrogens (tertiary/aromatic N) is 3. The summed E-state index contributed by atoms with van der Waals surface area (Å²) in [4.78, 5) is 22.1. The van der Waals surface area contributed by atoms with Gasteiger partial charge >= 0.3 is 0 Å². The fraction of sp³-hybridized carbons (Fsp3) is 0.613. The number of aryl methyl sites for hydroxylation is 1. The predicted molar refractivity (Wildman–Crippen MR) is 161 cm³/mol. The number of nitrogens with one attached hydrogen (secondary N) is 1. The first-order chi connectivity index (χ1) is 19.8. The average molecular weight is 586 g/mol. The molecule has 1 amide bonds. The van der Waals surface area contributed by atoms with E-state index in [0.29, 0.717) is 37.1 Å². The molecule has 10 heteroatoms. The van der Waals surface area contributed by atoms with Crippen LogP contribution < -0.4 is 15.8 Å². The monoisotopic (exact) mass is 585 g/mol. The van der Waals surface area contributed by atoms with Gasteiger partial charge in [0.2, 0.25) is 0 Å². The topological polar surface area (TPSA) is 102 Å². The van der Waals surface area contributed by atoms with Crippen LogP contribution in [0, 0.1) is 0 Å². The van der Waals surface area contributed by atoms with Gasteiger partial charge in [-0.1, -0.05) is 18.2 Å². The number of hydrogen-bond acceptors (Lipinski definition) is 7. The van der Waals surface area contributed by atoms with E-state index in [1.807, 2.05) is 30.0 Å². The van der Waals surface area contributed by atoms with Crippen molar-refractivity contribution in [3.05, 3.63) is 52.8 Å². The second-order valence-electron chi connectivity index (χ2n) is 11.7. The molecule has 1 aromatic rings. The number of methoxy groups -OCH3 is 1. The molecule has 0 aromatic heterocycles. The Hall–Kier alpha value is -2.59. The van der Waals surface area contributed by atoms with Gasteiger partial charge in [0.25, 0.3) is 5.91 Å². The standard InChI is InChI=1S/C31H44ClN5O4/c1-4-34-29(36-16-12-31(13-17-36)11-7-22-19-23(32)5-6-26(22)41-31)21(2)28(33)30(38)37-14-8-24(9-15-37)35-25-10-18-40-20-27(25)39-3/h4-6,19,24-25,27,35H,1,7-18,20,33H2,2-3H3/b28-21-,34-29+/t25-,27+/m0/s1. The fourth-order valence-electron chi connectivity index (χ4n) is 6.61. The van der Waals surface area contributed by atoms with Gasteiger partial charge in [-0.05, 0) is 62.8 Å². The van der Waals surface area contributed by atoms with Crippen LogP contribution in [0.4, 0.5) is 0 Å². The summed E-state index contributed by atoms with van der Waals surface area (Å²) >= 11 is 6.18. The molecule has 0 saturated carbocycles. The van der Waals surface area contributed by atoms with Crippen molar-refractivity contribution in [1.82, 2.24) is 15.1 Å². The number of nitrogens with two attached hydrogens (primary N) is 1. The maximum Gasteiger partial charge on any atom is 0.270 e. The average Bonchev–Trinajstić information content (AvgIpc) is 3.00. The van der Waals surface area contributed by atoms with Gasteiger partial charge in [0.1, 0.15) is 22.9 Å². The van der Waals surface area contributed by atoms with Crippen LogP contribution in [-0.4, -0.2) is 91.8 Å². The lowest BCUT2D eigenvalue weighted by Crippen LogP contribution is -2.54. The van der Waals surface area contributed by atoms with Crippen molar-refractivity contribution < 1.29 is 19.0 Å². The number of halogens is 1. The molecule has 1 spiro atoms. The van der Waals surface area contributed by atoms with Crippen molar-refractivity contribution >= 4 is 23.3 Å². The van der Waals surface area contributed by atoms with E-state index in [-0.39, 0.29) is 29.4 Å². The molecule has 4 aliphatic rings. The summed E-state index contributed by atoms with van der Waals surface area (Å²) in [7, 11) is 1.73. The predicted octanol–water partition coefficient (Wildman–Crippen LogP) is 3.66. The molecule has 4 heterocycles. The van der Waals surface area contributed by atoms with Gasteiger partial charge in [-0.3, -0.25) is 4.79 Å². The van der Waals surface area contributed by atoms with Crippen molar-refractivity contribution in [3.63, 3.8) is 0 Å². The smallest absolute Gasteiger partial charge is 0.270 e. The highest BCUT2D eigenvalue weighted by atomic mass is 35.5. The third kappa shape index (κ3) is 6.74. The number of benzene rings is 1. The third-order valence-electron chi connectivity index (χ3n) is 9.20. The zero-order chi connectivity index (χ0) is 29.0. The number of amidine groups is 1. The maximum atomic E-state index is 13.5. The highest BCUT2D eigenvalue weighted by Crippen LogP contribution is 2.40. The third-order valence-corrected chi connectivity index (χ3v) is 9.43. The van der Waals surface area contributed by atoms with E-state index in [9.17, 15) is 4.79 Å². The first-order valence-electron chi connectivity index (χ1n) is 14.9. The highest BCUT2D eigenvalue weighted by molar-refractivity contribution is 6.30. The lowest BCUT2D eigenvalue weighted by molar-refractivity contribution is -0.128. The van der Waals surface area contributed by atoms with E-state index in [0.717, 1.165) is 75.4 Å². The molecule has 9 nitrogen and oxygen atoms in total. The number of carbonyl (C=O) groups is 1. The van der Waals surface area contributed by atoms with E-state index in [1.165, 1.54) is 11.8 Å². The summed E-state index contributed by atoms with van der Waals surface area (Å²) in [6.07, 6.45) is 7.93. The lowest BCUT2D eigenvalue weighted by atomic mass is 9.83. The van der Waals surface area contributed by atoms with Crippen LogP contribution in [0.5, 0.6) is 5.75 Å². The molecule has 0 bridgehead atoms. The normalized spacial score (nSPS) is 25.8. The number of aliphatic imine (C=N–C) groups is 1. The molecule has 0 radical (unpaired) electrons. The van der Waals surface area contributed by atoms with Crippen molar-refractivity contribution in [1.29, 1.82) is 0 Å². The van der Waals surface area contributed by atoms with Crippen molar-refractivity contribution in [2.75, 3.05) is 46.5 Å². The minimum atomic E-state index is -0.193. The number of amides is 1. The minimum absolute atomic E-state index is 0.0662. The lowest BCUT2D eigenvalue weighted by Gasteiger charge is -2.45. The van der Waals surface area contributed by atoms with Crippen LogP contribution in [0.2, 0.25) is 5.02 Å². The Kier molecular flexibility index (Phi) is 9.59. The summed E-state index contributed by atoms with van der Waals surface area (Å²) in [5.74, 6) is 1.52. The van der Waals surface area contributed by atoms with Gasteiger partial charge in [0.05, 0.1) is 12.7 Å². The molecule has 0 aliphatic carbocycles. The van der Waals surface area contributed by atoms with Gasteiger partial charge < -0.3 is 35.1 Å². The molecule has 2 atom stereocenters. The maximum absolute atomic E-state index is 13.5. The molecular weight excluding hydrogens is 542 g/mol. The first kappa shape index (κ1) is 29.9. The molecule has 3 saturated heterocycles. The molecule has 3 fully saturated rings. The number of ether oxygens (including phenoxy) is 3. The van der Waals surface area contributed by atoms with Crippen LogP contribution in [0.1, 0.15) is 51.0 Å². The Morgan fingerprint density at radius 2 is 1.95 bits per heavy atom. The number of likely N-dealkylation sites (tertiary alicyclic amines) is 2. The van der Waals surface area contributed by atoms with Gasteiger partial charge in [-0.2, -0.15) is 0 Å². The SMILES string of the molecule is C=C/N=C(\C(C)=C(/N)C(=O)N1CCC(N[C@H]2CCOC[C@H]2OC)CC1)N1CCC2(CCc3cc(Cl)ccc3O2)CC1. The summed E-state index contributed by atoms with van der Waals surface area (Å²) < 4.78 is 17.7. The second kappa shape index (κ2) is 13.2. The molecule has 5 rings (SSSR count). The van der Waals surface area contributed by atoms with Crippen LogP contribution in [-0.2, 0) is 20.7 Å². The molecule has 1 aromatic carbocycles. The van der Waals surface area contributed by atoms with Crippen LogP contribution >= 0.6 is 11.6 Å². The van der Waals surface area contributed by atoms with E-state index < -0.39 is 0 Å². The quantitative estimate of drug-likeness (QED) is 0.298. The number of piperidine rings is 2. The molecule has 0 unspecified atom stereocenters. The Morgan fingerprint density at radius 1 is 1.20 bits per heavy atom. The molecule has 4 aliphatic heterocycles. The van der Waals surface area contributed by atoms with Crippen LogP contribution in [0.15, 0.2) is 47.2 Å². The largest absolute Gasteiger partial charge is 0.487 e. The van der Waals surface area contributed by atoms with Gasteiger partial charge in [-0.25, -0.2) is 4.99 Å². The number of carbonyl (C=O) groups excluding carboxylic acids is 1. The van der Waals surface area contributed by atoms with Gasteiger partial charge in [0.15, 0.2) is 0 Å². The second-order valence-corrected chi connectivity index (χ2v) is 12.1. The Morgan fingerprint density at radius 3 is 2.66 bits per heavy atom. The number of fused-ring (bicyclic) bond motifs is 1.